The maximum Gasteiger partial charge on any atom is 0.346 e. The summed E-state index contributed by atoms with van der Waals surface area (Å²) in [6.45, 7) is 4.60. The van der Waals surface area contributed by atoms with Gasteiger partial charge >= 0.3 is 12.1 Å². The van der Waals surface area contributed by atoms with Gasteiger partial charge in [-0.2, -0.15) is 4.68 Å². The Balaban J connectivity index is 1.47. The van der Waals surface area contributed by atoms with Crippen molar-refractivity contribution in [1.82, 2.24) is 34.9 Å². The van der Waals surface area contributed by atoms with Gasteiger partial charge in [0, 0.05) is 57.1 Å². The number of nitrogens with one attached hydrogen (secondary N) is 1. The maximum absolute atomic E-state index is 13.0. The van der Waals surface area contributed by atoms with E-state index in [0.29, 0.717) is 77.2 Å². The molecule has 11 nitrogen and oxygen atoms in total. The first-order valence-electron chi connectivity index (χ1n) is 10.1. The van der Waals surface area contributed by atoms with Crippen LogP contribution >= 0.6 is 0 Å². The van der Waals surface area contributed by atoms with Crippen molar-refractivity contribution in [2.75, 3.05) is 59.2 Å². The first kappa shape index (κ1) is 20.2. The Kier molecular flexibility index (Phi) is 6.50. The van der Waals surface area contributed by atoms with Crippen molar-refractivity contribution in [1.29, 1.82) is 0 Å². The fraction of sp³-hybridized carbons (Fsp3) is 0.526. The molecule has 0 aliphatic carbocycles. The molecule has 30 heavy (non-hydrogen) atoms. The molecule has 4 heterocycles. The highest BCUT2D eigenvalue weighted by Crippen LogP contribution is 2.15. The van der Waals surface area contributed by atoms with Gasteiger partial charge < -0.3 is 24.6 Å². The third-order valence-electron chi connectivity index (χ3n) is 4.98. The Morgan fingerprint density at radius 1 is 1.03 bits per heavy atom. The third kappa shape index (κ3) is 4.74. The zero-order valence-electron chi connectivity index (χ0n) is 16.7. The quantitative estimate of drug-likeness (QED) is 0.760. The molecular weight excluding hydrogens is 390 g/mol. The number of ether oxygens (including phenoxy) is 2. The van der Waals surface area contributed by atoms with E-state index in [1.165, 1.54) is 4.68 Å². The first-order valence-corrected chi connectivity index (χ1v) is 10.1. The summed E-state index contributed by atoms with van der Waals surface area (Å²) in [5, 5.41) is 7.33. The second-order valence-corrected chi connectivity index (χ2v) is 6.97. The summed E-state index contributed by atoms with van der Waals surface area (Å²) in [7, 11) is 0. The Labute approximate surface area is 174 Å². The van der Waals surface area contributed by atoms with Crippen LogP contribution in [0, 0.1) is 0 Å². The first-order chi connectivity index (χ1) is 14.7. The Morgan fingerprint density at radius 2 is 1.73 bits per heavy atom. The van der Waals surface area contributed by atoms with Gasteiger partial charge in [0.15, 0.2) is 5.82 Å². The SMILES string of the molecule is O=C(NCCc1nc(-c2cccnc2)nn1C(=O)N1CCOCC1)N1CCOCC1. The second kappa shape index (κ2) is 9.63. The van der Waals surface area contributed by atoms with Crippen molar-refractivity contribution >= 4 is 12.1 Å². The number of urea groups is 1. The summed E-state index contributed by atoms with van der Waals surface area (Å²) in [5.41, 5.74) is 0.727. The number of pyridine rings is 1. The molecule has 0 spiro atoms. The Morgan fingerprint density at radius 3 is 2.40 bits per heavy atom. The summed E-state index contributed by atoms with van der Waals surface area (Å²) in [6.07, 6.45) is 3.70. The lowest BCUT2D eigenvalue weighted by atomic mass is 10.3. The van der Waals surface area contributed by atoms with Gasteiger partial charge in [-0.05, 0) is 12.1 Å². The lowest BCUT2D eigenvalue weighted by molar-refractivity contribution is 0.0525. The van der Waals surface area contributed by atoms with Crippen molar-refractivity contribution < 1.29 is 19.1 Å². The van der Waals surface area contributed by atoms with Gasteiger partial charge in [-0.3, -0.25) is 4.98 Å². The van der Waals surface area contributed by atoms with Crippen molar-refractivity contribution in [3.8, 4) is 11.4 Å². The van der Waals surface area contributed by atoms with Crippen LogP contribution < -0.4 is 5.32 Å². The van der Waals surface area contributed by atoms with Gasteiger partial charge in [0.1, 0.15) is 5.82 Å². The normalized spacial score (nSPS) is 17.1. The molecule has 3 amide bonds. The molecule has 0 radical (unpaired) electrons. The number of morpholine rings is 2. The lowest BCUT2D eigenvalue weighted by Crippen LogP contribution is -2.47. The number of hydrogen-bond acceptors (Lipinski definition) is 7. The fourth-order valence-electron chi connectivity index (χ4n) is 3.32. The molecule has 4 rings (SSSR count). The Hall–Kier alpha value is -3.05. The summed E-state index contributed by atoms with van der Waals surface area (Å²) in [4.78, 5) is 37.4. The molecule has 2 aliphatic rings. The zero-order chi connectivity index (χ0) is 20.8. The molecule has 2 saturated heterocycles. The minimum Gasteiger partial charge on any atom is -0.378 e. The van der Waals surface area contributed by atoms with E-state index in [2.05, 4.69) is 20.4 Å². The van der Waals surface area contributed by atoms with E-state index in [1.807, 2.05) is 6.07 Å². The highest BCUT2D eigenvalue weighted by atomic mass is 16.5. The van der Waals surface area contributed by atoms with Crippen LogP contribution in [-0.2, 0) is 15.9 Å². The van der Waals surface area contributed by atoms with E-state index in [-0.39, 0.29) is 12.1 Å². The van der Waals surface area contributed by atoms with Crippen molar-refractivity contribution in [2.45, 2.75) is 6.42 Å². The van der Waals surface area contributed by atoms with E-state index < -0.39 is 0 Å². The van der Waals surface area contributed by atoms with Gasteiger partial charge in [0.25, 0.3) is 0 Å². The average Bonchev–Trinajstić information content (AvgIpc) is 3.24. The molecule has 0 saturated carbocycles. The van der Waals surface area contributed by atoms with Crippen LogP contribution in [0.5, 0.6) is 0 Å². The van der Waals surface area contributed by atoms with E-state index in [0.717, 1.165) is 5.56 Å². The average molecular weight is 415 g/mol. The molecule has 11 heteroatoms. The summed E-state index contributed by atoms with van der Waals surface area (Å²) in [5.74, 6) is 0.923. The Bertz CT molecular complexity index is 861. The molecule has 0 bridgehead atoms. The van der Waals surface area contributed by atoms with E-state index in [1.54, 1.807) is 28.3 Å². The molecule has 2 aromatic heterocycles. The van der Waals surface area contributed by atoms with E-state index >= 15 is 0 Å². The highest BCUT2D eigenvalue weighted by molar-refractivity contribution is 5.77. The summed E-state index contributed by atoms with van der Waals surface area (Å²) in [6, 6.07) is 3.25. The monoisotopic (exact) mass is 415 g/mol. The lowest BCUT2D eigenvalue weighted by Gasteiger charge is -2.27. The molecule has 1 N–H and O–H groups in total. The largest absolute Gasteiger partial charge is 0.378 e. The summed E-state index contributed by atoms with van der Waals surface area (Å²) < 4.78 is 11.9. The topological polar surface area (TPSA) is 115 Å². The number of aromatic nitrogens is 4. The van der Waals surface area contributed by atoms with Crippen LogP contribution in [0.3, 0.4) is 0 Å². The molecule has 0 unspecified atom stereocenters. The number of carbonyl (C=O) groups excluding carboxylic acids is 2. The number of carbonyl (C=O) groups is 2. The molecule has 0 aromatic carbocycles. The number of amides is 3. The predicted molar refractivity (Wildman–Crippen MR) is 106 cm³/mol. The van der Waals surface area contributed by atoms with Gasteiger partial charge in [-0.15, -0.1) is 5.10 Å². The van der Waals surface area contributed by atoms with Crippen LogP contribution in [0.1, 0.15) is 5.82 Å². The highest BCUT2D eigenvalue weighted by Gasteiger charge is 2.24. The summed E-state index contributed by atoms with van der Waals surface area (Å²) >= 11 is 0. The fourth-order valence-corrected chi connectivity index (χ4v) is 3.32. The smallest absolute Gasteiger partial charge is 0.346 e. The van der Waals surface area contributed by atoms with Crippen LogP contribution in [0.25, 0.3) is 11.4 Å². The molecule has 160 valence electrons. The molecule has 2 fully saturated rings. The third-order valence-corrected chi connectivity index (χ3v) is 4.98. The predicted octanol–water partition coefficient (Wildman–Crippen LogP) is 0.225. The van der Waals surface area contributed by atoms with E-state index in [4.69, 9.17) is 9.47 Å². The molecule has 2 aliphatic heterocycles. The van der Waals surface area contributed by atoms with Crippen LogP contribution in [-0.4, -0.2) is 101 Å². The maximum atomic E-state index is 13.0. The van der Waals surface area contributed by atoms with Crippen molar-refractivity contribution in [3.63, 3.8) is 0 Å². The molecular formula is C19H25N7O4. The van der Waals surface area contributed by atoms with Crippen LogP contribution in [0.4, 0.5) is 9.59 Å². The van der Waals surface area contributed by atoms with Gasteiger partial charge in [0.05, 0.1) is 26.4 Å². The van der Waals surface area contributed by atoms with Gasteiger partial charge in [0.2, 0.25) is 0 Å². The molecule has 2 aromatic rings. The van der Waals surface area contributed by atoms with Crippen molar-refractivity contribution in [3.05, 3.63) is 30.4 Å². The second-order valence-electron chi connectivity index (χ2n) is 6.97. The van der Waals surface area contributed by atoms with E-state index in [9.17, 15) is 9.59 Å². The van der Waals surface area contributed by atoms with Crippen LogP contribution in [0.2, 0.25) is 0 Å². The minimum atomic E-state index is -0.240. The standard InChI is InChI=1S/C19H25N7O4/c27-18(24-6-10-29-11-7-24)21-5-3-16-22-17(15-2-1-4-20-14-15)23-26(16)19(28)25-8-12-30-13-9-25/h1-2,4,14H,3,5-13H2,(H,21,27). The molecule has 0 atom stereocenters. The van der Waals surface area contributed by atoms with Gasteiger partial charge in [-0.1, -0.05) is 0 Å². The van der Waals surface area contributed by atoms with Crippen molar-refractivity contribution in [2.24, 2.45) is 0 Å². The number of rotatable bonds is 4. The zero-order valence-corrected chi connectivity index (χ0v) is 16.7. The number of nitrogens with zero attached hydrogens (tertiary/aromatic N) is 6. The van der Waals surface area contributed by atoms with Gasteiger partial charge in [-0.25, -0.2) is 14.6 Å². The number of hydrogen-bond donors (Lipinski definition) is 1. The minimum absolute atomic E-state index is 0.142. The van der Waals surface area contributed by atoms with Crippen LogP contribution in [0.15, 0.2) is 24.5 Å².